The minimum Gasteiger partial charge on any atom is -0.315 e. The predicted molar refractivity (Wildman–Crippen MR) is 37.6 cm³/mol. The molecule has 1 N–H and O–H groups in total. The second-order valence-electron chi connectivity index (χ2n) is 3.20. The highest BCUT2D eigenvalue weighted by molar-refractivity contribution is 8.01. The van der Waals surface area contributed by atoms with E-state index in [9.17, 15) is 13.2 Å². The second-order valence-corrected chi connectivity index (χ2v) is 4.29. The first kappa shape index (κ1) is 7.73. The van der Waals surface area contributed by atoms with E-state index in [1.54, 1.807) is 0 Å². The van der Waals surface area contributed by atoms with E-state index in [1.807, 2.05) is 0 Å². The molecule has 0 aromatic carbocycles. The molecule has 2 heterocycles. The van der Waals surface area contributed by atoms with Crippen molar-refractivity contribution in [2.75, 3.05) is 18.8 Å². The van der Waals surface area contributed by atoms with Gasteiger partial charge in [0.05, 0.1) is 0 Å². The highest BCUT2D eigenvalue weighted by Crippen LogP contribution is 2.55. The predicted octanol–water partition coefficient (Wildman–Crippen LogP) is 1.25. The van der Waals surface area contributed by atoms with E-state index < -0.39 is 16.8 Å². The zero-order valence-electron chi connectivity index (χ0n) is 5.74. The standard InChI is InChI=1S/C6H8F3NS/c7-6(8,9)4-5(3-11-4)1-10-2-5/h4,10H,1-3H2/t4-/m1/s1. The molecule has 64 valence electrons. The summed E-state index contributed by atoms with van der Waals surface area (Å²) in [6.07, 6.45) is -4.00. The van der Waals surface area contributed by atoms with Gasteiger partial charge in [-0.3, -0.25) is 0 Å². The van der Waals surface area contributed by atoms with Crippen molar-refractivity contribution in [3.63, 3.8) is 0 Å². The van der Waals surface area contributed by atoms with Crippen LogP contribution in [0.5, 0.6) is 0 Å². The molecule has 0 amide bonds. The fraction of sp³-hybridized carbons (Fsp3) is 1.00. The maximum atomic E-state index is 12.2. The van der Waals surface area contributed by atoms with E-state index >= 15 is 0 Å². The minimum atomic E-state index is -4.00. The zero-order valence-corrected chi connectivity index (χ0v) is 6.56. The van der Waals surface area contributed by atoms with Crippen LogP contribution in [0.4, 0.5) is 13.2 Å². The Morgan fingerprint density at radius 2 is 2.00 bits per heavy atom. The Bertz CT molecular complexity index is 170. The van der Waals surface area contributed by atoms with E-state index in [2.05, 4.69) is 5.32 Å². The highest BCUT2D eigenvalue weighted by Gasteiger charge is 2.62. The summed E-state index contributed by atoms with van der Waals surface area (Å²) in [6.45, 7) is 1.09. The molecule has 1 atom stereocenters. The first-order chi connectivity index (χ1) is 5.05. The maximum absolute atomic E-state index is 12.2. The summed E-state index contributed by atoms with van der Waals surface area (Å²) < 4.78 is 36.5. The number of thioether (sulfide) groups is 1. The molecule has 2 rings (SSSR count). The summed E-state index contributed by atoms with van der Waals surface area (Å²) in [6, 6.07) is 0. The van der Waals surface area contributed by atoms with Gasteiger partial charge in [-0.25, -0.2) is 0 Å². The molecule has 0 unspecified atom stereocenters. The lowest BCUT2D eigenvalue weighted by atomic mass is 9.79. The summed E-state index contributed by atoms with van der Waals surface area (Å²) in [5.41, 5.74) is -0.428. The monoisotopic (exact) mass is 183 g/mol. The fourth-order valence-corrected chi connectivity index (χ4v) is 2.94. The van der Waals surface area contributed by atoms with Crippen LogP contribution in [0.15, 0.2) is 0 Å². The van der Waals surface area contributed by atoms with Crippen molar-refractivity contribution in [2.45, 2.75) is 11.4 Å². The molecule has 2 saturated heterocycles. The van der Waals surface area contributed by atoms with Crippen molar-refractivity contribution in [1.82, 2.24) is 5.32 Å². The van der Waals surface area contributed by atoms with Crippen molar-refractivity contribution in [3.05, 3.63) is 0 Å². The van der Waals surface area contributed by atoms with Crippen molar-refractivity contribution >= 4 is 11.8 Å². The van der Waals surface area contributed by atoms with Crippen molar-refractivity contribution in [1.29, 1.82) is 0 Å². The Labute approximate surface area is 66.7 Å². The Morgan fingerprint density at radius 1 is 1.36 bits per heavy atom. The van der Waals surface area contributed by atoms with E-state index in [1.165, 1.54) is 0 Å². The molecule has 11 heavy (non-hydrogen) atoms. The van der Waals surface area contributed by atoms with Gasteiger partial charge in [-0.1, -0.05) is 0 Å². The van der Waals surface area contributed by atoms with Crippen LogP contribution < -0.4 is 5.32 Å². The molecule has 1 nitrogen and oxygen atoms in total. The van der Waals surface area contributed by atoms with Crippen LogP contribution in [-0.4, -0.2) is 30.3 Å². The normalized spacial score (nSPS) is 34.6. The van der Waals surface area contributed by atoms with E-state index in [0.29, 0.717) is 18.8 Å². The minimum absolute atomic E-state index is 0.428. The largest absolute Gasteiger partial charge is 0.401 e. The number of hydrogen-bond donors (Lipinski definition) is 1. The van der Waals surface area contributed by atoms with E-state index in [0.717, 1.165) is 11.8 Å². The Kier molecular flexibility index (Phi) is 1.46. The molecular formula is C6H8F3NS. The highest BCUT2D eigenvalue weighted by atomic mass is 32.2. The summed E-state index contributed by atoms with van der Waals surface area (Å²) in [5.74, 6) is 0.671. The van der Waals surface area contributed by atoms with Crippen LogP contribution in [0.1, 0.15) is 0 Å². The molecule has 2 fully saturated rings. The van der Waals surface area contributed by atoms with Gasteiger partial charge in [-0.15, -0.1) is 11.8 Å². The molecule has 0 aromatic rings. The van der Waals surface area contributed by atoms with E-state index in [-0.39, 0.29) is 0 Å². The van der Waals surface area contributed by atoms with Gasteiger partial charge in [-0.05, 0) is 0 Å². The lowest BCUT2D eigenvalue weighted by Crippen LogP contribution is -2.69. The fourth-order valence-electron chi connectivity index (χ4n) is 1.58. The van der Waals surface area contributed by atoms with Crippen molar-refractivity contribution in [3.8, 4) is 0 Å². The van der Waals surface area contributed by atoms with Gasteiger partial charge in [0, 0.05) is 24.3 Å². The van der Waals surface area contributed by atoms with Gasteiger partial charge in [0.2, 0.25) is 0 Å². The van der Waals surface area contributed by atoms with Gasteiger partial charge >= 0.3 is 6.18 Å². The first-order valence-electron chi connectivity index (χ1n) is 3.44. The van der Waals surface area contributed by atoms with Gasteiger partial charge in [0.1, 0.15) is 5.25 Å². The zero-order chi connectivity index (χ0) is 8.11. The maximum Gasteiger partial charge on any atom is 0.401 e. The third kappa shape index (κ3) is 0.973. The molecule has 5 heteroatoms. The molecule has 0 bridgehead atoms. The lowest BCUT2D eigenvalue weighted by Gasteiger charge is -2.55. The smallest absolute Gasteiger partial charge is 0.315 e. The van der Waals surface area contributed by atoms with Crippen molar-refractivity contribution in [2.24, 2.45) is 5.41 Å². The summed E-state index contributed by atoms with van der Waals surface area (Å²) >= 11 is 1.03. The molecule has 0 aromatic heterocycles. The SMILES string of the molecule is FC(F)(F)[C@@H]1SCC12CNC2. The van der Waals surface area contributed by atoms with Gasteiger partial charge in [0.15, 0.2) is 0 Å². The second kappa shape index (κ2) is 2.07. The third-order valence-corrected chi connectivity index (χ3v) is 4.19. The molecule has 2 aliphatic rings. The summed E-state index contributed by atoms with van der Waals surface area (Å²) in [5, 5.41) is 1.79. The Morgan fingerprint density at radius 3 is 2.09 bits per heavy atom. The van der Waals surface area contributed by atoms with Crippen LogP contribution in [0.2, 0.25) is 0 Å². The molecule has 1 spiro atoms. The average Bonchev–Trinajstić information content (AvgIpc) is 1.49. The lowest BCUT2D eigenvalue weighted by molar-refractivity contribution is -0.159. The van der Waals surface area contributed by atoms with Crippen LogP contribution in [0, 0.1) is 5.41 Å². The topological polar surface area (TPSA) is 12.0 Å². The molecular weight excluding hydrogens is 175 g/mol. The van der Waals surface area contributed by atoms with Crippen LogP contribution in [-0.2, 0) is 0 Å². The van der Waals surface area contributed by atoms with Crippen LogP contribution in [0.25, 0.3) is 0 Å². The van der Waals surface area contributed by atoms with Crippen molar-refractivity contribution < 1.29 is 13.2 Å². The average molecular weight is 183 g/mol. The number of rotatable bonds is 0. The molecule has 0 aliphatic carbocycles. The quantitative estimate of drug-likeness (QED) is 0.606. The summed E-state index contributed by atoms with van der Waals surface area (Å²) in [7, 11) is 0. The van der Waals surface area contributed by atoms with Crippen LogP contribution >= 0.6 is 11.8 Å². The molecule has 0 saturated carbocycles. The molecule has 0 radical (unpaired) electrons. The first-order valence-corrected chi connectivity index (χ1v) is 4.49. The van der Waals surface area contributed by atoms with Gasteiger partial charge < -0.3 is 5.32 Å². The number of halogens is 3. The van der Waals surface area contributed by atoms with Crippen LogP contribution in [0.3, 0.4) is 0 Å². The molecule has 2 aliphatic heterocycles. The van der Waals surface area contributed by atoms with E-state index in [4.69, 9.17) is 0 Å². The summed E-state index contributed by atoms with van der Waals surface area (Å²) in [4.78, 5) is 0. The Hall–Kier alpha value is 0.1000. The number of nitrogens with one attached hydrogen (secondary N) is 1. The van der Waals surface area contributed by atoms with Gasteiger partial charge in [-0.2, -0.15) is 13.2 Å². The third-order valence-electron chi connectivity index (χ3n) is 2.35. The number of alkyl halides is 3. The Balaban J connectivity index is 2.06. The van der Waals surface area contributed by atoms with Gasteiger partial charge in [0.25, 0.3) is 0 Å². The number of hydrogen-bond acceptors (Lipinski definition) is 2.